The van der Waals surface area contributed by atoms with E-state index in [2.05, 4.69) is 33.5 Å². The number of amides is 1. The highest BCUT2D eigenvalue weighted by Gasteiger charge is 2.25. The summed E-state index contributed by atoms with van der Waals surface area (Å²) in [4.78, 5) is 15.3. The molecule has 1 amide bonds. The van der Waals surface area contributed by atoms with E-state index in [4.69, 9.17) is 4.74 Å². The molecule has 3 heterocycles. The smallest absolute Gasteiger partial charge is 0.259 e. The molecule has 1 atom stereocenters. The van der Waals surface area contributed by atoms with Gasteiger partial charge in [-0.15, -0.1) is 0 Å². The molecule has 1 aromatic carbocycles. The van der Waals surface area contributed by atoms with E-state index in [1.54, 1.807) is 13.3 Å². The maximum Gasteiger partial charge on any atom is 0.259 e. The number of anilines is 1. The first kappa shape index (κ1) is 21.3. The summed E-state index contributed by atoms with van der Waals surface area (Å²) in [6, 6.07) is 11.6. The van der Waals surface area contributed by atoms with Gasteiger partial charge >= 0.3 is 0 Å². The summed E-state index contributed by atoms with van der Waals surface area (Å²) >= 11 is 0. The standard InChI is InChI=1S/C23H30N6O2/c1-3-28-17-18(15-25-28)16-27-13-10-20(11-14-27)29-21(9-12-24-29)26-23(30)22(31-2)19-7-5-4-6-8-19/h4-9,12,15,17,20,22H,3,10-11,13-14,16H2,1-2H3,(H,26,30)/t22-/m0/s1. The van der Waals surface area contributed by atoms with Crippen LogP contribution in [0.2, 0.25) is 0 Å². The lowest BCUT2D eigenvalue weighted by Gasteiger charge is -2.32. The molecule has 8 nitrogen and oxygen atoms in total. The Balaban J connectivity index is 1.36. The van der Waals surface area contributed by atoms with Crippen LogP contribution in [0.5, 0.6) is 0 Å². The molecular formula is C23H30N6O2. The number of carbonyl (C=O) groups is 1. The van der Waals surface area contributed by atoms with E-state index in [9.17, 15) is 4.79 Å². The molecule has 1 saturated heterocycles. The van der Waals surface area contributed by atoms with E-state index in [0.717, 1.165) is 44.6 Å². The third kappa shape index (κ3) is 5.03. The fourth-order valence-corrected chi connectivity index (χ4v) is 4.16. The molecule has 1 fully saturated rings. The Morgan fingerprint density at radius 2 is 1.97 bits per heavy atom. The van der Waals surface area contributed by atoms with Crippen molar-refractivity contribution in [3.8, 4) is 0 Å². The van der Waals surface area contributed by atoms with Gasteiger partial charge in [-0.3, -0.25) is 14.4 Å². The highest BCUT2D eigenvalue weighted by molar-refractivity contribution is 5.94. The zero-order valence-electron chi connectivity index (χ0n) is 18.1. The Bertz CT molecular complexity index is 975. The van der Waals surface area contributed by atoms with Gasteiger partial charge in [0.25, 0.3) is 5.91 Å². The van der Waals surface area contributed by atoms with E-state index >= 15 is 0 Å². The number of aryl methyl sites for hydroxylation is 1. The molecular weight excluding hydrogens is 392 g/mol. The number of methoxy groups -OCH3 is 1. The van der Waals surface area contributed by atoms with Crippen LogP contribution in [0, 0.1) is 0 Å². The van der Waals surface area contributed by atoms with Crippen molar-refractivity contribution < 1.29 is 9.53 Å². The minimum Gasteiger partial charge on any atom is -0.367 e. The van der Waals surface area contributed by atoms with Crippen molar-refractivity contribution >= 4 is 11.7 Å². The lowest BCUT2D eigenvalue weighted by molar-refractivity contribution is -0.126. The molecule has 0 aliphatic carbocycles. The summed E-state index contributed by atoms with van der Waals surface area (Å²) in [6.07, 6.45) is 7.13. The first-order valence-corrected chi connectivity index (χ1v) is 10.8. The number of carbonyl (C=O) groups excluding carboxylic acids is 1. The number of piperidine rings is 1. The maximum absolute atomic E-state index is 12.9. The summed E-state index contributed by atoms with van der Waals surface area (Å²) in [5, 5.41) is 11.9. The van der Waals surface area contributed by atoms with Crippen molar-refractivity contribution in [3.05, 3.63) is 66.1 Å². The summed E-state index contributed by atoms with van der Waals surface area (Å²) in [7, 11) is 1.55. The molecule has 4 rings (SSSR count). The van der Waals surface area contributed by atoms with Crippen molar-refractivity contribution in [1.29, 1.82) is 0 Å². The zero-order chi connectivity index (χ0) is 21.6. The van der Waals surface area contributed by atoms with E-state index in [1.165, 1.54) is 5.56 Å². The topological polar surface area (TPSA) is 77.2 Å². The number of rotatable bonds is 8. The van der Waals surface area contributed by atoms with Gasteiger partial charge in [-0.1, -0.05) is 30.3 Å². The van der Waals surface area contributed by atoms with Crippen molar-refractivity contribution in [2.75, 3.05) is 25.5 Å². The molecule has 1 aliphatic heterocycles. The second kappa shape index (κ2) is 9.89. The lowest BCUT2D eigenvalue weighted by Crippen LogP contribution is -2.35. The third-order valence-electron chi connectivity index (χ3n) is 5.82. The minimum atomic E-state index is -0.657. The van der Waals surface area contributed by atoms with Crippen molar-refractivity contribution in [1.82, 2.24) is 24.5 Å². The van der Waals surface area contributed by atoms with Crippen LogP contribution in [0.15, 0.2) is 55.0 Å². The highest BCUT2D eigenvalue weighted by atomic mass is 16.5. The average Bonchev–Trinajstić information content (AvgIpc) is 3.45. The summed E-state index contributed by atoms with van der Waals surface area (Å²) in [5.41, 5.74) is 2.08. The molecule has 0 saturated carbocycles. The second-order valence-electron chi connectivity index (χ2n) is 7.89. The lowest BCUT2D eigenvalue weighted by atomic mass is 10.0. The van der Waals surface area contributed by atoms with Gasteiger partial charge in [0.1, 0.15) is 5.82 Å². The zero-order valence-corrected chi connectivity index (χ0v) is 18.1. The molecule has 1 aliphatic rings. The summed E-state index contributed by atoms with van der Waals surface area (Å²) in [6.45, 7) is 5.88. The number of hydrogen-bond acceptors (Lipinski definition) is 5. The van der Waals surface area contributed by atoms with Crippen molar-refractivity contribution in [2.24, 2.45) is 0 Å². The normalized spacial score (nSPS) is 16.3. The molecule has 0 bridgehead atoms. The van der Waals surface area contributed by atoms with Gasteiger partial charge in [-0.05, 0) is 25.3 Å². The maximum atomic E-state index is 12.9. The van der Waals surface area contributed by atoms with E-state index in [0.29, 0.717) is 5.82 Å². The predicted molar refractivity (Wildman–Crippen MR) is 118 cm³/mol. The fourth-order valence-electron chi connectivity index (χ4n) is 4.16. The molecule has 1 N–H and O–H groups in total. The molecule has 0 unspecified atom stereocenters. The number of nitrogens with one attached hydrogen (secondary N) is 1. The molecule has 0 radical (unpaired) electrons. The predicted octanol–water partition coefficient (Wildman–Crippen LogP) is 3.26. The number of likely N-dealkylation sites (tertiary alicyclic amines) is 1. The molecule has 8 heteroatoms. The monoisotopic (exact) mass is 422 g/mol. The number of benzene rings is 1. The van der Waals surface area contributed by atoms with Gasteiger partial charge in [0.15, 0.2) is 6.10 Å². The van der Waals surface area contributed by atoms with Crippen LogP contribution < -0.4 is 5.32 Å². The summed E-state index contributed by atoms with van der Waals surface area (Å²) in [5.74, 6) is 0.520. The second-order valence-corrected chi connectivity index (χ2v) is 7.89. The average molecular weight is 423 g/mol. The van der Waals surface area contributed by atoms with Crippen LogP contribution >= 0.6 is 0 Å². The van der Waals surface area contributed by atoms with Crippen LogP contribution in [-0.2, 0) is 22.6 Å². The van der Waals surface area contributed by atoms with Gasteiger partial charge in [0.2, 0.25) is 0 Å². The van der Waals surface area contributed by atoms with Gasteiger partial charge in [-0.2, -0.15) is 10.2 Å². The van der Waals surface area contributed by atoms with Gasteiger partial charge in [0, 0.05) is 51.1 Å². The summed E-state index contributed by atoms with van der Waals surface area (Å²) < 4.78 is 9.37. The van der Waals surface area contributed by atoms with E-state index < -0.39 is 6.10 Å². The van der Waals surface area contributed by atoms with Crippen LogP contribution in [0.1, 0.15) is 43.0 Å². The first-order valence-electron chi connectivity index (χ1n) is 10.8. The number of nitrogens with zero attached hydrogens (tertiary/aromatic N) is 5. The van der Waals surface area contributed by atoms with Crippen LogP contribution in [0.3, 0.4) is 0 Å². The molecule has 0 spiro atoms. The largest absolute Gasteiger partial charge is 0.367 e. The number of hydrogen-bond donors (Lipinski definition) is 1. The molecule has 31 heavy (non-hydrogen) atoms. The molecule has 3 aromatic rings. The minimum absolute atomic E-state index is 0.194. The molecule has 2 aromatic heterocycles. The Kier molecular flexibility index (Phi) is 6.79. The van der Waals surface area contributed by atoms with Gasteiger partial charge < -0.3 is 10.1 Å². The molecule has 164 valence electrons. The third-order valence-corrected chi connectivity index (χ3v) is 5.82. The van der Waals surface area contributed by atoms with Gasteiger partial charge in [-0.25, -0.2) is 4.68 Å². The van der Waals surface area contributed by atoms with Crippen LogP contribution in [0.4, 0.5) is 5.82 Å². The Hall–Kier alpha value is -2.97. The quantitative estimate of drug-likeness (QED) is 0.603. The highest BCUT2D eigenvalue weighted by Crippen LogP contribution is 2.27. The van der Waals surface area contributed by atoms with E-state index in [-0.39, 0.29) is 11.9 Å². The number of aromatic nitrogens is 4. The Labute approximate surface area is 182 Å². The Morgan fingerprint density at radius 3 is 2.65 bits per heavy atom. The van der Waals surface area contributed by atoms with Gasteiger partial charge in [0.05, 0.1) is 18.4 Å². The van der Waals surface area contributed by atoms with Crippen LogP contribution in [0.25, 0.3) is 0 Å². The van der Waals surface area contributed by atoms with E-state index in [1.807, 2.05) is 52.0 Å². The van der Waals surface area contributed by atoms with Crippen molar-refractivity contribution in [3.63, 3.8) is 0 Å². The Morgan fingerprint density at radius 1 is 1.19 bits per heavy atom. The first-order chi connectivity index (χ1) is 15.2. The number of ether oxygens (including phenoxy) is 1. The van der Waals surface area contributed by atoms with Crippen molar-refractivity contribution in [2.45, 2.75) is 45.0 Å². The fraction of sp³-hybridized carbons (Fsp3) is 0.435. The van der Waals surface area contributed by atoms with Crippen LogP contribution in [-0.4, -0.2) is 50.6 Å². The SMILES string of the molecule is CCn1cc(CN2CCC(n3nccc3NC(=O)[C@@H](OC)c3ccccc3)CC2)cn1.